The first-order chi connectivity index (χ1) is 33.7. The predicted octanol–water partition coefficient (Wildman–Crippen LogP) is 16.7. The highest BCUT2D eigenvalue weighted by Gasteiger charge is 2.24. The second kappa shape index (κ2) is 16.5. The molecular weight excluding hydrogens is 845 g/mol. The van der Waals surface area contributed by atoms with Crippen LogP contribution in [0.5, 0.6) is 0 Å². The number of nitrogens with zero attached hydrogens (tertiary/aromatic N) is 4. The predicted molar refractivity (Wildman–Crippen MR) is 284 cm³/mol. The van der Waals surface area contributed by atoms with E-state index in [1.165, 1.54) is 30.9 Å². The second-order valence-electron chi connectivity index (χ2n) is 16.9. The summed E-state index contributed by atoms with van der Waals surface area (Å²) in [5.74, 6) is 1.83. The summed E-state index contributed by atoms with van der Waals surface area (Å²) >= 11 is 1.84. The molecule has 0 aliphatic heterocycles. The molecule has 13 rings (SSSR count). The van der Waals surface area contributed by atoms with Gasteiger partial charge in [-0.05, 0) is 87.0 Å². The molecule has 0 spiro atoms. The third-order valence-corrected chi connectivity index (χ3v) is 14.1. The van der Waals surface area contributed by atoms with E-state index < -0.39 is 0 Å². The molecule has 1 aliphatic rings. The minimum atomic E-state index is 0.600. The Labute approximate surface area is 397 Å². The lowest BCUT2D eigenvalue weighted by Crippen LogP contribution is -2.01. The first kappa shape index (κ1) is 39.4. The van der Waals surface area contributed by atoms with Gasteiger partial charge in [-0.1, -0.05) is 193 Å². The molecule has 5 heteroatoms. The van der Waals surface area contributed by atoms with Crippen molar-refractivity contribution >= 4 is 59.0 Å². The average molecular weight is 883 g/mol. The van der Waals surface area contributed by atoms with Crippen molar-refractivity contribution in [3.8, 4) is 78.7 Å². The van der Waals surface area contributed by atoms with Crippen molar-refractivity contribution in [2.24, 2.45) is 0 Å². The van der Waals surface area contributed by atoms with Crippen LogP contribution in [0.15, 0.2) is 242 Å². The number of fused-ring (bicyclic) bond motifs is 7. The summed E-state index contributed by atoms with van der Waals surface area (Å²) in [5, 5.41) is 4.87. The molecule has 3 heterocycles. The van der Waals surface area contributed by atoms with Crippen molar-refractivity contribution < 1.29 is 0 Å². The summed E-state index contributed by atoms with van der Waals surface area (Å²) in [6.45, 7) is 0. The van der Waals surface area contributed by atoms with Crippen LogP contribution < -0.4 is 0 Å². The standard InChI is InChI=1S/C63H38N4S/c1-6-20-41(21-7-1)47-31-18-32-48(42-22-8-2-9-23-42)57(47)45-36-37-49(52(40-45)63-65-61(43-24-10-3-11-25-43)64-62(66-63)44-26-12-4-13-27-44)50-33-19-35-55-59(50)60-56(68-55)39-38-54-58(60)51-30-16-17-34-53(51)67(54)46-28-14-5-15-29-46/h1-4,6-14,16-40H. The number of aromatic nitrogens is 4. The summed E-state index contributed by atoms with van der Waals surface area (Å²) in [4.78, 5) is 16.0. The zero-order valence-corrected chi connectivity index (χ0v) is 37.5. The molecule has 0 atom stereocenters. The molecule has 0 amide bonds. The summed E-state index contributed by atoms with van der Waals surface area (Å²) in [5.41, 5.74) is 21.4. The van der Waals surface area contributed by atoms with Gasteiger partial charge < -0.3 is 4.57 Å². The molecule has 0 N–H and O–H groups in total. The third kappa shape index (κ3) is 6.66. The molecule has 0 fully saturated rings. The first-order valence-electron chi connectivity index (χ1n) is 22.8. The maximum atomic E-state index is 5.41. The van der Waals surface area contributed by atoms with E-state index >= 15 is 0 Å². The Morgan fingerprint density at radius 2 is 0.941 bits per heavy atom. The quantitative estimate of drug-likeness (QED) is 0.143. The molecule has 4 nitrogen and oxygen atoms in total. The fourth-order valence-corrected chi connectivity index (χ4v) is 11.1. The lowest BCUT2D eigenvalue weighted by atomic mass is 9.85. The minimum Gasteiger partial charge on any atom is -0.309 e. The Morgan fingerprint density at radius 1 is 0.368 bits per heavy atom. The molecule has 0 saturated heterocycles. The summed E-state index contributed by atoms with van der Waals surface area (Å²) in [6.07, 6.45) is 6.06. The van der Waals surface area contributed by atoms with Crippen LogP contribution in [0.2, 0.25) is 0 Å². The maximum Gasteiger partial charge on any atom is 0.164 e. The lowest BCUT2D eigenvalue weighted by Gasteiger charge is -2.19. The number of benzene rings is 9. The lowest BCUT2D eigenvalue weighted by molar-refractivity contribution is 1.07. The van der Waals surface area contributed by atoms with Gasteiger partial charge in [-0.25, -0.2) is 15.0 Å². The van der Waals surface area contributed by atoms with E-state index in [9.17, 15) is 0 Å². The van der Waals surface area contributed by atoms with Crippen LogP contribution in [0, 0.1) is 0 Å². The molecule has 316 valence electrons. The molecule has 0 unspecified atom stereocenters. The Hall–Kier alpha value is -8.95. The highest BCUT2D eigenvalue weighted by atomic mass is 32.1. The van der Waals surface area contributed by atoms with Gasteiger partial charge in [0.25, 0.3) is 0 Å². The molecule has 68 heavy (non-hydrogen) atoms. The van der Waals surface area contributed by atoms with Gasteiger partial charge in [-0.2, -0.15) is 0 Å². The number of thiophene rings is 1. The monoisotopic (exact) mass is 882 g/mol. The van der Waals surface area contributed by atoms with Gasteiger partial charge in [0.1, 0.15) is 0 Å². The number of hydrogen-bond acceptors (Lipinski definition) is 4. The Kier molecular flexibility index (Phi) is 9.56. The van der Waals surface area contributed by atoms with Crippen LogP contribution >= 0.6 is 11.3 Å². The highest BCUT2D eigenvalue weighted by Crippen LogP contribution is 2.49. The molecular formula is C63H38N4S. The molecule has 3 aromatic heterocycles. The van der Waals surface area contributed by atoms with Crippen molar-refractivity contribution in [3.05, 3.63) is 242 Å². The SMILES string of the molecule is C1=C=CC(n2c3ccccc3c3c4c(ccc32)sc2cccc(-c3ccc(-c5c(-c6ccccc6)cccc5-c5ccccc5)cc3-c3nc(-c5ccccc5)nc(-c5ccccc5)n3)c24)=CC=1. The van der Waals surface area contributed by atoms with Crippen LogP contribution in [-0.4, -0.2) is 19.5 Å². The van der Waals surface area contributed by atoms with E-state index in [2.05, 4.69) is 198 Å². The van der Waals surface area contributed by atoms with Gasteiger partial charge in [0, 0.05) is 53.7 Å². The van der Waals surface area contributed by atoms with E-state index in [1.807, 2.05) is 59.9 Å². The highest BCUT2D eigenvalue weighted by molar-refractivity contribution is 7.26. The molecule has 1 aliphatic carbocycles. The van der Waals surface area contributed by atoms with E-state index in [0.717, 1.165) is 77.9 Å². The van der Waals surface area contributed by atoms with Gasteiger partial charge in [-0.15, -0.1) is 11.3 Å². The van der Waals surface area contributed by atoms with Crippen molar-refractivity contribution in [2.45, 2.75) is 0 Å². The van der Waals surface area contributed by atoms with Gasteiger partial charge in [-0.3, -0.25) is 0 Å². The number of allylic oxidation sites excluding steroid dienone is 4. The molecule has 12 aromatic rings. The van der Waals surface area contributed by atoms with Crippen LogP contribution in [0.3, 0.4) is 0 Å². The summed E-state index contributed by atoms with van der Waals surface area (Å²) < 4.78 is 4.80. The van der Waals surface area contributed by atoms with Crippen molar-refractivity contribution in [1.82, 2.24) is 19.5 Å². The molecule has 9 aromatic carbocycles. The maximum absolute atomic E-state index is 5.41. The molecule has 0 saturated carbocycles. The zero-order chi connectivity index (χ0) is 45.0. The fraction of sp³-hybridized carbons (Fsp3) is 0. The molecule has 0 radical (unpaired) electrons. The summed E-state index contributed by atoms with van der Waals surface area (Å²) in [6, 6.07) is 75.4. The van der Waals surface area contributed by atoms with Crippen LogP contribution in [-0.2, 0) is 0 Å². The van der Waals surface area contributed by atoms with Crippen LogP contribution in [0.4, 0.5) is 0 Å². The van der Waals surface area contributed by atoms with Crippen LogP contribution in [0.25, 0.3) is 126 Å². The fourth-order valence-electron chi connectivity index (χ4n) is 9.98. The smallest absolute Gasteiger partial charge is 0.164 e. The topological polar surface area (TPSA) is 43.6 Å². The Morgan fingerprint density at radius 3 is 1.59 bits per heavy atom. The zero-order valence-electron chi connectivity index (χ0n) is 36.6. The van der Waals surface area contributed by atoms with Crippen molar-refractivity contribution in [2.75, 3.05) is 0 Å². The van der Waals surface area contributed by atoms with Crippen molar-refractivity contribution in [3.63, 3.8) is 0 Å². The van der Waals surface area contributed by atoms with E-state index in [4.69, 9.17) is 15.0 Å². The van der Waals surface area contributed by atoms with Gasteiger partial charge in [0.2, 0.25) is 0 Å². The Bertz CT molecular complexity index is 3960. The normalized spacial score (nSPS) is 12.1. The molecule has 0 bridgehead atoms. The number of para-hydroxylation sites is 1. The van der Waals surface area contributed by atoms with Crippen molar-refractivity contribution in [1.29, 1.82) is 0 Å². The third-order valence-electron chi connectivity index (χ3n) is 13.0. The van der Waals surface area contributed by atoms with Gasteiger partial charge in [0.15, 0.2) is 17.5 Å². The van der Waals surface area contributed by atoms with E-state index in [-0.39, 0.29) is 0 Å². The number of hydrogen-bond donors (Lipinski definition) is 0. The van der Waals surface area contributed by atoms with Crippen LogP contribution in [0.1, 0.15) is 0 Å². The first-order valence-corrected chi connectivity index (χ1v) is 23.6. The minimum absolute atomic E-state index is 0.600. The Balaban J connectivity index is 1.14. The van der Waals surface area contributed by atoms with E-state index in [1.54, 1.807) is 0 Å². The van der Waals surface area contributed by atoms with E-state index in [0.29, 0.717) is 17.5 Å². The second-order valence-corrected chi connectivity index (χ2v) is 18.0. The largest absolute Gasteiger partial charge is 0.309 e. The van der Waals surface area contributed by atoms with Gasteiger partial charge >= 0.3 is 0 Å². The number of rotatable bonds is 8. The summed E-state index contributed by atoms with van der Waals surface area (Å²) in [7, 11) is 0. The van der Waals surface area contributed by atoms with Gasteiger partial charge in [0.05, 0.1) is 16.7 Å². The average Bonchev–Trinajstić information content (AvgIpc) is 3.98.